The van der Waals surface area contributed by atoms with E-state index in [0.29, 0.717) is 12.5 Å². The van der Waals surface area contributed by atoms with Crippen LogP contribution < -0.4 is 5.32 Å². The molecular weight excluding hydrogens is 180 g/mol. The van der Waals surface area contributed by atoms with E-state index in [4.69, 9.17) is 4.74 Å². The van der Waals surface area contributed by atoms with Crippen molar-refractivity contribution in [2.75, 3.05) is 19.8 Å². The molecular formula is C9H16N4O. The maximum Gasteiger partial charge on any atom is 0.153 e. The first-order valence-electron chi connectivity index (χ1n) is 5.00. The molecule has 0 amide bonds. The van der Waals surface area contributed by atoms with Crippen molar-refractivity contribution in [1.82, 2.24) is 20.5 Å². The van der Waals surface area contributed by atoms with E-state index in [1.807, 2.05) is 0 Å². The molecule has 0 aliphatic carbocycles. The monoisotopic (exact) mass is 196 g/mol. The first-order chi connectivity index (χ1) is 6.77. The van der Waals surface area contributed by atoms with Crippen LogP contribution in [-0.2, 0) is 4.74 Å². The summed E-state index contributed by atoms with van der Waals surface area (Å²) in [5, 5.41) is 10.4. The third kappa shape index (κ3) is 1.93. The van der Waals surface area contributed by atoms with Gasteiger partial charge in [-0.3, -0.25) is 5.10 Å². The standard InChI is InChI=1S/C9H16N4O/c1-6(2)8-11-9(13-12-8)7-5-14-4-3-10-7/h6-7,10H,3-5H2,1-2H3,(H,11,12,13). The number of nitrogens with one attached hydrogen (secondary N) is 2. The molecule has 1 atom stereocenters. The molecule has 1 aliphatic heterocycles. The van der Waals surface area contributed by atoms with Gasteiger partial charge in [-0.1, -0.05) is 13.8 Å². The van der Waals surface area contributed by atoms with Gasteiger partial charge >= 0.3 is 0 Å². The minimum Gasteiger partial charge on any atom is -0.378 e. The van der Waals surface area contributed by atoms with Gasteiger partial charge in [0, 0.05) is 12.5 Å². The number of aromatic nitrogens is 3. The van der Waals surface area contributed by atoms with E-state index in [1.54, 1.807) is 0 Å². The lowest BCUT2D eigenvalue weighted by Gasteiger charge is -2.21. The number of ether oxygens (including phenoxy) is 1. The second kappa shape index (κ2) is 4.06. The van der Waals surface area contributed by atoms with E-state index in [-0.39, 0.29) is 6.04 Å². The fourth-order valence-corrected chi connectivity index (χ4v) is 1.44. The molecule has 78 valence electrons. The lowest BCUT2D eigenvalue weighted by atomic mass is 10.2. The number of H-pyrrole nitrogens is 1. The van der Waals surface area contributed by atoms with Gasteiger partial charge in [0.05, 0.1) is 19.3 Å². The molecule has 0 bridgehead atoms. The van der Waals surface area contributed by atoms with E-state index in [2.05, 4.69) is 34.3 Å². The smallest absolute Gasteiger partial charge is 0.153 e. The largest absolute Gasteiger partial charge is 0.378 e. The van der Waals surface area contributed by atoms with Crippen LogP contribution in [0.2, 0.25) is 0 Å². The Labute approximate surface area is 83.3 Å². The Bertz CT molecular complexity index is 291. The van der Waals surface area contributed by atoms with Crippen molar-refractivity contribution >= 4 is 0 Å². The quantitative estimate of drug-likeness (QED) is 0.726. The average molecular weight is 196 g/mol. The summed E-state index contributed by atoms with van der Waals surface area (Å²) in [6, 6.07) is 0.170. The van der Waals surface area contributed by atoms with Crippen molar-refractivity contribution < 1.29 is 4.74 Å². The molecule has 5 heteroatoms. The van der Waals surface area contributed by atoms with Crippen molar-refractivity contribution in [3.63, 3.8) is 0 Å². The number of rotatable bonds is 2. The molecule has 2 N–H and O–H groups in total. The normalized spacial score (nSPS) is 22.9. The molecule has 2 rings (SSSR count). The molecule has 0 radical (unpaired) electrons. The lowest BCUT2D eigenvalue weighted by molar-refractivity contribution is 0.0743. The Balaban J connectivity index is 2.07. The summed E-state index contributed by atoms with van der Waals surface area (Å²) in [5.41, 5.74) is 0. The van der Waals surface area contributed by atoms with Crippen LogP contribution in [0.5, 0.6) is 0 Å². The van der Waals surface area contributed by atoms with Crippen LogP contribution in [0.4, 0.5) is 0 Å². The van der Waals surface area contributed by atoms with Crippen molar-refractivity contribution in [3.05, 3.63) is 11.6 Å². The molecule has 1 aromatic heterocycles. The maximum absolute atomic E-state index is 5.36. The van der Waals surface area contributed by atoms with Crippen LogP contribution in [-0.4, -0.2) is 34.9 Å². The van der Waals surface area contributed by atoms with E-state index in [1.165, 1.54) is 0 Å². The van der Waals surface area contributed by atoms with Crippen LogP contribution in [0.15, 0.2) is 0 Å². The number of hydrogen-bond donors (Lipinski definition) is 2. The van der Waals surface area contributed by atoms with E-state index >= 15 is 0 Å². The number of nitrogens with zero attached hydrogens (tertiary/aromatic N) is 2. The molecule has 1 unspecified atom stereocenters. The predicted octanol–water partition coefficient (Wildman–Crippen LogP) is 0.589. The third-order valence-electron chi connectivity index (χ3n) is 2.29. The highest BCUT2D eigenvalue weighted by Crippen LogP contribution is 2.14. The maximum atomic E-state index is 5.36. The summed E-state index contributed by atoms with van der Waals surface area (Å²) in [4.78, 5) is 4.42. The van der Waals surface area contributed by atoms with Gasteiger partial charge in [0.25, 0.3) is 0 Å². The highest BCUT2D eigenvalue weighted by atomic mass is 16.5. The summed E-state index contributed by atoms with van der Waals surface area (Å²) < 4.78 is 5.36. The van der Waals surface area contributed by atoms with Gasteiger partial charge in [0.2, 0.25) is 0 Å². The summed E-state index contributed by atoms with van der Waals surface area (Å²) in [6.07, 6.45) is 0. The molecule has 0 aromatic carbocycles. The minimum atomic E-state index is 0.170. The number of hydrogen-bond acceptors (Lipinski definition) is 4. The van der Waals surface area contributed by atoms with Crippen molar-refractivity contribution in [1.29, 1.82) is 0 Å². The molecule has 1 fully saturated rings. The molecule has 14 heavy (non-hydrogen) atoms. The van der Waals surface area contributed by atoms with Crippen LogP contribution in [0.1, 0.15) is 37.5 Å². The second-order valence-corrected chi connectivity index (χ2v) is 3.82. The Morgan fingerprint density at radius 2 is 2.36 bits per heavy atom. The van der Waals surface area contributed by atoms with Crippen LogP contribution in [0.3, 0.4) is 0 Å². The molecule has 5 nitrogen and oxygen atoms in total. The summed E-state index contributed by atoms with van der Waals surface area (Å²) >= 11 is 0. The summed E-state index contributed by atoms with van der Waals surface area (Å²) in [6.45, 7) is 6.49. The van der Waals surface area contributed by atoms with Crippen molar-refractivity contribution in [2.24, 2.45) is 0 Å². The summed E-state index contributed by atoms with van der Waals surface area (Å²) in [5.74, 6) is 2.12. The zero-order valence-electron chi connectivity index (χ0n) is 8.58. The predicted molar refractivity (Wildman–Crippen MR) is 52.0 cm³/mol. The Hall–Kier alpha value is -0.940. The fourth-order valence-electron chi connectivity index (χ4n) is 1.44. The van der Waals surface area contributed by atoms with Gasteiger partial charge in [0.1, 0.15) is 5.82 Å². The van der Waals surface area contributed by atoms with Gasteiger partial charge in [-0.15, -0.1) is 0 Å². The van der Waals surface area contributed by atoms with Crippen LogP contribution in [0, 0.1) is 0 Å². The van der Waals surface area contributed by atoms with E-state index in [0.717, 1.165) is 24.8 Å². The molecule has 0 spiro atoms. The molecule has 2 heterocycles. The molecule has 0 saturated carbocycles. The van der Waals surface area contributed by atoms with Gasteiger partial charge in [-0.2, -0.15) is 5.10 Å². The molecule has 1 aliphatic rings. The van der Waals surface area contributed by atoms with Gasteiger partial charge in [-0.25, -0.2) is 4.98 Å². The average Bonchev–Trinajstić information content (AvgIpc) is 2.68. The Morgan fingerprint density at radius 1 is 1.50 bits per heavy atom. The molecule has 1 saturated heterocycles. The van der Waals surface area contributed by atoms with Crippen molar-refractivity contribution in [2.45, 2.75) is 25.8 Å². The highest BCUT2D eigenvalue weighted by Gasteiger charge is 2.19. The lowest BCUT2D eigenvalue weighted by Crippen LogP contribution is -2.35. The number of morpholine rings is 1. The zero-order valence-corrected chi connectivity index (χ0v) is 8.58. The van der Waals surface area contributed by atoms with Gasteiger partial charge in [-0.05, 0) is 0 Å². The van der Waals surface area contributed by atoms with Crippen molar-refractivity contribution in [3.8, 4) is 0 Å². The van der Waals surface area contributed by atoms with E-state index in [9.17, 15) is 0 Å². The Kier molecular flexibility index (Phi) is 2.79. The van der Waals surface area contributed by atoms with Gasteiger partial charge < -0.3 is 10.1 Å². The Morgan fingerprint density at radius 3 is 2.93 bits per heavy atom. The van der Waals surface area contributed by atoms with Gasteiger partial charge in [0.15, 0.2) is 5.82 Å². The minimum absolute atomic E-state index is 0.170. The highest BCUT2D eigenvalue weighted by molar-refractivity contribution is 5.00. The fraction of sp³-hybridized carbons (Fsp3) is 0.778. The van der Waals surface area contributed by atoms with E-state index < -0.39 is 0 Å². The zero-order chi connectivity index (χ0) is 9.97. The first-order valence-corrected chi connectivity index (χ1v) is 5.00. The number of aromatic amines is 1. The second-order valence-electron chi connectivity index (χ2n) is 3.82. The van der Waals surface area contributed by atoms with Crippen LogP contribution >= 0.6 is 0 Å². The first kappa shape index (κ1) is 9.61. The SMILES string of the molecule is CC(C)c1n[nH]c(C2COCCN2)n1. The summed E-state index contributed by atoms with van der Waals surface area (Å²) in [7, 11) is 0. The third-order valence-corrected chi connectivity index (χ3v) is 2.29. The van der Waals surface area contributed by atoms with Crippen LogP contribution in [0.25, 0.3) is 0 Å². The molecule has 1 aromatic rings. The topological polar surface area (TPSA) is 62.8 Å².